The largest absolute Gasteiger partial charge is 0.0813 e. The fraction of sp³-hybridized carbons (Fsp3) is 0.714. The molecule has 0 amide bonds. The van der Waals surface area contributed by atoms with Crippen LogP contribution in [0.1, 0.15) is 65.2 Å². The predicted molar refractivity (Wildman–Crippen MR) is 64.5 cm³/mol. The summed E-state index contributed by atoms with van der Waals surface area (Å²) in [7, 11) is 0. The monoisotopic (exact) mass is 192 g/mol. The van der Waals surface area contributed by atoms with Gasteiger partial charge in [0.15, 0.2) is 0 Å². The Morgan fingerprint density at radius 2 is 2.00 bits per heavy atom. The van der Waals surface area contributed by atoms with E-state index in [4.69, 9.17) is 0 Å². The van der Waals surface area contributed by atoms with E-state index in [2.05, 4.69) is 26.0 Å². The lowest BCUT2D eigenvalue weighted by Gasteiger charge is -2.13. The molecule has 1 aliphatic carbocycles. The Morgan fingerprint density at radius 1 is 1.21 bits per heavy atom. The zero-order valence-corrected chi connectivity index (χ0v) is 9.81. The third kappa shape index (κ3) is 3.69. The zero-order valence-electron chi connectivity index (χ0n) is 9.81. The van der Waals surface area contributed by atoms with Crippen LogP contribution >= 0.6 is 0 Å². The summed E-state index contributed by atoms with van der Waals surface area (Å²) in [6.45, 7) is 4.51. The third-order valence-electron chi connectivity index (χ3n) is 3.03. The van der Waals surface area contributed by atoms with Gasteiger partial charge in [0.25, 0.3) is 0 Å². The van der Waals surface area contributed by atoms with Crippen LogP contribution in [0.5, 0.6) is 0 Å². The van der Waals surface area contributed by atoms with Gasteiger partial charge in [0, 0.05) is 0 Å². The van der Waals surface area contributed by atoms with Gasteiger partial charge in [0.1, 0.15) is 0 Å². The second kappa shape index (κ2) is 6.86. The van der Waals surface area contributed by atoms with Gasteiger partial charge in [-0.2, -0.15) is 0 Å². The molecule has 0 aliphatic heterocycles. The van der Waals surface area contributed by atoms with Gasteiger partial charge in [-0.05, 0) is 49.7 Å². The van der Waals surface area contributed by atoms with Gasteiger partial charge in [0.05, 0.1) is 0 Å². The summed E-state index contributed by atoms with van der Waals surface area (Å²) in [6, 6.07) is 0. The van der Waals surface area contributed by atoms with E-state index in [1.54, 1.807) is 11.1 Å². The maximum atomic E-state index is 2.49. The lowest BCUT2D eigenvalue weighted by atomic mass is 9.93. The van der Waals surface area contributed by atoms with Gasteiger partial charge in [-0.25, -0.2) is 0 Å². The highest BCUT2D eigenvalue weighted by molar-refractivity contribution is 5.30. The molecule has 1 aliphatic rings. The van der Waals surface area contributed by atoms with Crippen molar-refractivity contribution in [3.63, 3.8) is 0 Å². The van der Waals surface area contributed by atoms with Crippen LogP contribution in [0.25, 0.3) is 0 Å². The lowest BCUT2D eigenvalue weighted by Crippen LogP contribution is -1.94. The van der Waals surface area contributed by atoms with Gasteiger partial charge in [-0.3, -0.25) is 0 Å². The molecule has 0 N–H and O–H groups in total. The van der Waals surface area contributed by atoms with Crippen molar-refractivity contribution in [3.05, 3.63) is 23.3 Å². The quantitative estimate of drug-likeness (QED) is 0.589. The van der Waals surface area contributed by atoms with Crippen molar-refractivity contribution < 1.29 is 0 Å². The molecule has 80 valence electrons. The first-order valence-corrected chi connectivity index (χ1v) is 6.27. The smallest absolute Gasteiger partial charge is 0.0279 e. The van der Waals surface area contributed by atoms with Crippen LogP contribution in [0, 0.1) is 0 Å². The molecule has 0 atom stereocenters. The van der Waals surface area contributed by atoms with E-state index in [1.807, 2.05) is 0 Å². The van der Waals surface area contributed by atoms with Gasteiger partial charge in [-0.1, -0.05) is 38.8 Å². The molecule has 0 heteroatoms. The molecular formula is C14H24. The van der Waals surface area contributed by atoms with Gasteiger partial charge in [-0.15, -0.1) is 0 Å². The average molecular weight is 192 g/mol. The van der Waals surface area contributed by atoms with Gasteiger partial charge < -0.3 is 0 Å². The topological polar surface area (TPSA) is 0 Å². The normalized spacial score (nSPS) is 23.6. The molecular weight excluding hydrogens is 168 g/mol. The predicted octanol–water partition coefficient (Wildman–Crippen LogP) is 5.01. The second-order valence-corrected chi connectivity index (χ2v) is 4.17. The minimum absolute atomic E-state index is 1.18. The number of allylic oxidation sites excluding steroid dienone is 4. The fourth-order valence-electron chi connectivity index (χ4n) is 2.23. The van der Waals surface area contributed by atoms with Crippen LogP contribution < -0.4 is 0 Å². The summed E-state index contributed by atoms with van der Waals surface area (Å²) in [4.78, 5) is 0. The molecule has 0 fully saturated rings. The number of rotatable bonds is 3. The molecule has 0 heterocycles. The van der Waals surface area contributed by atoms with E-state index in [1.165, 1.54) is 51.4 Å². The number of hydrogen-bond acceptors (Lipinski definition) is 0. The maximum Gasteiger partial charge on any atom is -0.0279 e. The first-order chi connectivity index (χ1) is 6.88. The molecule has 0 unspecified atom stereocenters. The summed E-state index contributed by atoms with van der Waals surface area (Å²) in [5, 5.41) is 0. The SMILES string of the molecule is CC/C=C(CC)/C1=C/CCCCCC1. The first-order valence-electron chi connectivity index (χ1n) is 6.27. The summed E-state index contributed by atoms with van der Waals surface area (Å²) < 4.78 is 0. The second-order valence-electron chi connectivity index (χ2n) is 4.17. The Hall–Kier alpha value is -0.520. The fourth-order valence-corrected chi connectivity index (χ4v) is 2.23. The minimum atomic E-state index is 1.18. The molecule has 0 saturated heterocycles. The molecule has 0 saturated carbocycles. The molecule has 0 aromatic carbocycles. The molecule has 0 aromatic rings. The maximum absolute atomic E-state index is 2.49. The van der Waals surface area contributed by atoms with Crippen molar-refractivity contribution in [1.82, 2.24) is 0 Å². The van der Waals surface area contributed by atoms with Crippen molar-refractivity contribution in [2.24, 2.45) is 0 Å². The van der Waals surface area contributed by atoms with Crippen LogP contribution in [-0.2, 0) is 0 Å². The van der Waals surface area contributed by atoms with Crippen molar-refractivity contribution in [1.29, 1.82) is 0 Å². The van der Waals surface area contributed by atoms with Crippen LogP contribution in [-0.4, -0.2) is 0 Å². The first kappa shape index (κ1) is 11.6. The van der Waals surface area contributed by atoms with E-state index >= 15 is 0 Å². The van der Waals surface area contributed by atoms with Crippen LogP contribution in [0.4, 0.5) is 0 Å². The summed E-state index contributed by atoms with van der Waals surface area (Å²) in [6.07, 6.45) is 15.6. The van der Waals surface area contributed by atoms with Crippen molar-refractivity contribution in [3.8, 4) is 0 Å². The van der Waals surface area contributed by atoms with E-state index in [0.717, 1.165) is 0 Å². The Balaban J connectivity index is 2.65. The average Bonchev–Trinajstić information content (AvgIpc) is 2.15. The number of hydrogen-bond donors (Lipinski definition) is 0. The van der Waals surface area contributed by atoms with Crippen molar-refractivity contribution in [2.45, 2.75) is 65.2 Å². The summed E-state index contributed by atoms with van der Waals surface area (Å²) in [5.41, 5.74) is 3.25. The molecule has 0 spiro atoms. The molecule has 0 bridgehead atoms. The Bertz CT molecular complexity index is 208. The van der Waals surface area contributed by atoms with E-state index in [-0.39, 0.29) is 0 Å². The standard InChI is InChI=1S/C14H24/c1-3-10-13(4-2)14-11-8-6-5-7-9-12-14/h10-11H,3-9,12H2,1-2H3/b13-10+,14-11+. The van der Waals surface area contributed by atoms with Crippen molar-refractivity contribution >= 4 is 0 Å². The van der Waals surface area contributed by atoms with E-state index in [9.17, 15) is 0 Å². The highest BCUT2D eigenvalue weighted by Crippen LogP contribution is 2.24. The van der Waals surface area contributed by atoms with Crippen LogP contribution in [0.3, 0.4) is 0 Å². The van der Waals surface area contributed by atoms with Crippen LogP contribution in [0.2, 0.25) is 0 Å². The Morgan fingerprint density at radius 3 is 2.71 bits per heavy atom. The van der Waals surface area contributed by atoms with Crippen LogP contribution in [0.15, 0.2) is 23.3 Å². The summed E-state index contributed by atoms with van der Waals surface area (Å²) in [5.74, 6) is 0. The zero-order chi connectivity index (χ0) is 10.2. The van der Waals surface area contributed by atoms with E-state index in [0.29, 0.717) is 0 Å². The Labute approximate surface area is 89.1 Å². The molecule has 0 aromatic heterocycles. The molecule has 0 nitrogen and oxygen atoms in total. The van der Waals surface area contributed by atoms with Gasteiger partial charge in [0.2, 0.25) is 0 Å². The third-order valence-corrected chi connectivity index (χ3v) is 3.03. The van der Waals surface area contributed by atoms with Crippen molar-refractivity contribution in [2.75, 3.05) is 0 Å². The van der Waals surface area contributed by atoms with E-state index < -0.39 is 0 Å². The minimum Gasteiger partial charge on any atom is -0.0813 e. The summed E-state index contributed by atoms with van der Waals surface area (Å²) >= 11 is 0. The Kier molecular flexibility index (Phi) is 5.66. The lowest BCUT2D eigenvalue weighted by molar-refractivity contribution is 0.625. The molecule has 0 radical (unpaired) electrons. The molecule has 14 heavy (non-hydrogen) atoms. The highest BCUT2D eigenvalue weighted by atomic mass is 14.1. The molecule has 1 rings (SSSR count). The highest BCUT2D eigenvalue weighted by Gasteiger charge is 2.05. The van der Waals surface area contributed by atoms with Gasteiger partial charge >= 0.3 is 0 Å².